The van der Waals surface area contributed by atoms with Crippen molar-refractivity contribution in [3.05, 3.63) is 16.2 Å². The first kappa shape index (κ1) is 13.6. The van der Waals surface area contributed by atoms with Crippen molar-refractivity contribution < 1.29 is 9.53 Å². The van der Waals surface area contributed by atoms with Crippen molar-refractivity contribution in [1.82, 2.24) is 9.97 Å². The number of aromatic nitrogens is 2. The molecule has 1 fully saturated rings. The second-order valence-electron chi connectivity index (χ2n) is 4.58. The highest BCUT2D eigenvalue weighted by Crippen LogP contribution is 2.35. The van der Waals surface area contributed by atoms with Crippen molar-refractivity contribution in [3.63, 3.8) is 0 Å². The first-order chi connectivity index (χ1) is 9.65. The summed E-state index contributed by atoms with van der Waals surface area (Å²) in [6.45, 7) is 1.58. The molecule has 0 radical (unpaired) electrons. The molecule has 0 unspecified atom stereocenters. The fourth-order valence-electron chi connectivity index (χ4n) is 2.38. The summed E-state index contributed by atoms with van der Waals surface area (Å²) in [4.78, 5) is 21.7. The van der Waals surface area contributed by atoms with Crippen molar-refractivity contribution in [2.75, 3.05) is 18.0 Å². The molecule has 0 aliphatic carbocycles. The second kappa shape index (κ2) is 5.53. The summed E-state index contributed by atoms with van der Waals surface area (Å²) in [6.07, 6.45) is 2.33. The highest BCUT2D eigenvalue weighted by Gasteiger charge is 2.24. The maximum absolute atomic E-state index is 10.8. The van der Waals surface area contributed by atoms with Crippen LogP contribution in [0.3, 0.4) is 0 Å². The number of primary amides is 1. The van der Waals surface area contributed by atoms with Crippen molar-refractivity contribution >= 4 is 49.4 Å². The van der Waals surface area contributed by atoms with Crippen molar-refractivity contribution in [2.45, 2.75) is 18.9 Å². The lowest BCUT2D eigenvalue weighted by Gasteiger charge is -2.32. The fraction of sp³-hybridized carbons (Fsp3) is 0.417. The number of hydrogen-bond acceptors (Lipinski definition) is 6. The first-order valence-corrected chi connectivity index (χ1v) is 7.91. The molecule has 8 heteroatoms. The molecule has 3 rings (SSSR count). The van der Waals surface area contributed by atoms with E-state index in [1.54, 1.807) is 17.7 Å². The maximum atomic E-state index is 10.8. The molecule has 1 aliphatic rings. The number of anilines is 1. The average molecular weight is 357 g/mol. The van der Waals surface area contributed by atoms with Gasteiger partial charge in [-0.2, -0.15) is 0 Å². The molecule has 0 aromatic carbocycles. The van der Waals surface area contributed by atoms with Crippen LogP contribution in [0, 0.1) is 0 Å². The number of amides is 1. The fourth-order valence-corrected chi connectivity index (χ4v) is 3.99. The third-order valence-electron chi connectivity index (χ3n) is 3.32. The van der Waals surface area contributed by atoms with E-state index in [2.05, 4.69) is 30.8 Å². The van der Waals surface area contributed by atoms with Crippen LogP contribution in [-0.2, 0) is 4.74 Å². The summed E-state index contributed by atoms with van der Waals surface area (Å²) in [7, 11) is 0. The number of thiophene rings is 1. The molecule has 0 atom stereocenters. The number of nitrogens with two attached hydrogens (primary N) is 1. The third kappa shape index (κ3) is 2.57. The minimum Gasteiger partial charge on any atom is -0.446 e. The maximum Gasteiger partial charge on any atom is 0.404 e. The Bertz CT molecular complexity index is 639. The molecule has 0 spiro atoms. The van der Waals surface area contributed by atoms with E-state index < -0.39 is 6.09 Å². The van der Waals surface area contributed by atoms with Gasteiger partial charge in [-0.15, -0.1) is 11.3 Å². The summed E-state index contributed by atoms with van der Waals surface area (Å²) in [5.74, 6) is 0.947. The number of carbonyl (C=O) groups is 1. The average Bonchev–Trinajstić information content (AvgIpc) is 2.81. The topological polar surface area (TPSA) is 81.3 Å². The van der Waals surface area contributed by atoms with E-state index in [1.165, 1.54) is 0 Å². The lowest BCUT2D eigenvalue weighted by atomic mass is 10.1. The van der Waals surface area contributed by atoms with E-state index in [4.69, 9.17) is 10.5 Å². The van der Waals surface area contributed by atoms with Crippen LogP contribution in [0.25, 0.3) is 10.2 Å². The van der Waals surface area contributed by atoms with Gasteiger partial charge in [0.05, 0.1) is 9.17 Å². The zero-order valence-corrected chi connectivity index (χ0v) is 13.0. The predicted octanol–water partition coefficient (Wildman–Crippen LogP) is 2.52. The Labute approximate surface area is 128 Å². The Kier molecular flexibility index (Phi) is 3.75. The van der Waals surface area contributed by atoms with Gasteiger partial charge < -0.3 is 15.4 Å². The summed E-state index contributed by atoms with van der Waals surface area (Å²) in [6, 6.07) is 0. The molecule has 2 aromatic rings. The molecule has 106 valence electrons. The van der Waals surface area contributed by atoms with Gasteiger partial charge >= 0.3 is 6.09 Å². The summed E-state index contributed by atoms with van der Waals surface area (Å²) < 4.78 is 7.11. The van der Waals surface area contributed by atoms with E-state index in [0.29, 0.717) is 0 Å². The molecule has 2 N–H and O–H groups in total. The monoisotopic (exact) mass is 356 g/mol. The largest absolute Gasteiger partial charge is 0.446 e. The molecular weight excluding hydrogens is 344 g/mol. The number of ether oxygens (including phenoxy) is 1. The highest BCUT2D eigenvalue weighted by atomic mass is 79.9. The molecule has 1 saturated heterocycles. The zero-order chi connectivity index (χ0) is 14.1. The molecule has 0 saturated carbocycles. The summed E-state index contributed by atoms with van der Waals surface area (Å²) in [5, 5.41) is 2.02. The standard InChI is InChI=1S/C12H13BrN4O2S/c13-8-5-20-10-9(8)15-6-16-11(10)17-3-1-7(2-4-17)19-12(14)18/h5-7H,1-4H2,(H2,14,18). The van der Waals surface area contributed by atoms with Crippen LogP contribution >= 0.6 is 27.3 Å². The van der Waals surface area contributed by atoms with Crippen molar-refractivity contribution in [2.24, 2.45) is 5.73 Å². The molecule has 1 aliphatic heterocycles. The van der Waals surface area contributed by atoms with Crippen LogP contribution in [-0.4, -0.2) is 35.3 Å². The molecule has 1 amide bonds. The van der Waals surface area contributed by atoms with Crippen LogP contribution in [0.2, 0.25) is 0 Å². The van der Waals surface area contributed by atoms with E-state index in [1.807, 2.05) is 5.38 Å². The quantitative estimate of drug-likeness (QED) is 0.893. The number of rotatable bonds is 2. The first-order valence-electron chi connectivity index (χ1n) is 6.24. The SMILES string of the molecule is NC(=O)OC1CCN(c2ncnc3c(Br)csc23)CC1. The lowest BCUT2D eigenvalue weighted by Crippen LogP contribution is -2.39. The third-order valence-corrected chi connectivity index (χ3v) is 5.19. The number of fused-ring (bicyclic) bond motifs is 1. The Morgan fingerprint density at radius 3 is 2.90 bits per heavy atom. The number of carbonyl (C=O) groups excluding carboxylic acids is 1. The zero-order valence-electron chi connectivity index (χ0n) is 10.6. The Morgan fingerprint density at radius 2 is 2.20 bits per heavy atom. The minimum absolute atomic E-state index is 0.0869. The van der Waals surface area contributed by atoms with Crippen LogP contribution in [0.15, 0.2) is 16.2 Å². The van der Waals surface area contributed by atoms with Gasteiger partial charge in [0.1, 0.15) is 23.8 Å². The van der Waals surface area contributed by atoms with E-state index in [0.717, 1.165) is 46.4 Å². The number of halogens is 1. The summed E-state index contributed by atoms with van der Waals surface area (Å²) in [5.41, 5.74) is 5.99. The van der Waals surface area contributed by atoms with E-state index in [9.17, 15) is 4.79 Å². The second-order valence-corrected chi connectivity index (χ2v) is 6.32. The smallest absolute Gasteiger partial charge is 0.404 e. The minimum atomic E-state index is -0.699. The van der Waals surface area contributed by atoms with Crippen LogP contribution in [0.1, 0.15) is 12.8 Å². The lowest BCUT2D eigenvalue weighted by molar-refractivity contribution is 0.0912. The number of piperidine rings is 1. The molecule has 2 aromatic heterocycles. The van der Waals surface area contributed by atoms with Crippen LogP contribution in [0.4, 0.5) is 10.6 Å². The van der Waals surface area contributed by atoms with Gasteiger partial charge in [0.2, 0.25) is 0 Å². The van der Waals surface area contributed by atoms with Gasteiger partial charge in [-0.1, -0.05) is 0 Å². The Hall–Kier alpha value is -1.41. The van der Waals surface area contributed by atoms with E-state index >= 15 is 0 Å². The normalized spacial score (nSPS) is 16.6. The van der Waals surface area contributed by atoms with Gasteiger partial charge in [0.25, 0.3) is 0 Å². The van der Waals surface area contributed by atoms with E-state index in [-0.39, 0.29) is 6.10 Å². The Morgan fingerprint density at radius 1 is 1.45 bits per heavy atom. The van der Waals surface area contributed by atoms with Gasteiger partial charge in [-0.05, 0) is 15.9 Å². The van der Waals surface area contributed by atoms with Crippen molar-refractivity contribution in [1.29, 1.82) is 0 Å². The van der Waals surface area contributed by atoms with Gasteiger partial charge in [0.15, 0.2) is 0 Å². The molecule has 0 bridgehead atoms. The summed E-state index contributed by atoms with van der Waals surface area (Å²) >= 11 is 5.12. The molecular formula is C12H13BrN4O2S. The Balaban J connectivity index is 1.78. The van der Waals surface area contributed by atoms with Gasteiger partial charge in [-0.3, -0.25) is 0 Å². The van der Waals surface area contributed by atoms with Crippen LogP contribution < -0.4 is 10.6 Å². The van der Waals surface area contributed by atoms with Gasteiger partial charge in [0, 0.05) is 31.3 Å². The number of nitrogens with zero attached hydrogens (tertiary/aromatic N) is 3. The molecule has 20 heavy (non-hydrogen) atoms. The highest BCUT2D eigenvalue weighted by molar-refractivity contribution is 9.10. The number of hydrogen-bond donors (Lipinski definition) is 1. The predicted molar refractivity (Wildman–Crippen MR) is 81.0 cm³/mol. The van der Waals surface area contributed by atoms with Gasteiger partial charge in [-0.25, -0.2) is 14.8 Å². The molecule has 3 heterocycles. The molecule has 6 nitrogen and oxygen atoms in total. The van der Waals surface area contributed by atoms with Crippen LogP contribution in [0.5, 0.6) is 0 Å². The van der Waals surface area contributed by atoms with Crippen molar-refractivity contribution in [3.8, 4) is 0 Å².